The maximum Gasteiger partial charge on any atom is 0.338 e. The van der Waals surface area contributed by atoms with Gasteiger partial charge in [0, 0.05) is 18.0 Å². The number of hydrogen-bond acceptors (Lipinski definition) is 3. The molecule has 1 aliphatic rings. The summed E-state index contributed by atoms with van der Waals surface area (Å²) in [7, 11) is 0. The maximum absolute atomic E-state index is 12.2. The summed E-state index contributed by atoms with van der Waals surface area (Å²) in [6, 6.07) is -0.190. The average molecular weight is 296 g/mol. The summed E-state index contributed by atoms with van der Waals surface area (Å²) in [6.45, 7) is 7.27. The largest absolute Gasteiger partial charge is 0.478 e. The zero-order valence-electron chi connectivity index (χ0n) is 12.0. The number of amides is 2. The minimum Gasteiger partial charge on any atom is -0.478 e. The molecule has 0 radical (unpaired) electrons. The third kappa shape index (κ3) is 2.80. The summed E-state index contributed by atoms with van der Waals surface area (Å²) >= 11 is 1.32. The molecule has 1 unspecified atom stereocenters. The standard InChI is InChI=1S/C14H20N2O3S/c1-4-10-5-6-16(7-10)14(19)15-12-11(13(17)18)8(2)9(3)20-12/h10H,4-7H2,1-3H3,(H,15,19)(H,17,18). The van der Waals surface area contributed by atoms with Crippen LogP contribution in [0.15, 0.2) is 0 Å². The first-order chi connectivity index (χ1) is 9.43. The minimum absolute atomic E-state index is 0.190. The van der Waals surface area contributed by atoms with Crippen LogP contribution in [-0.4, -0.2) is 35.1 Å². The molecule has 2 N–H and O–H groups in total. The van der Waals surface area contributed by atoms with Crippen LogP contribution < -0.4 is 5.32 Å². The molecule has 0 saturated carbocycles. The molecular weight excluding hydrogens is 276 g/mol. The van der Waals surface area contributed by atoms with E-state index in [0.717, 1.165) is 36.4 Å². The van der Waals surface area contributed by atoms with E-state index in [2.05, 4.69) is 12.2 Å². The summed E-state index contributed by atoms with van der Waals surface area (Å²) < 4.78 is 0. The highest BCUT2D eigenvalue weighted by atomic mass is 32.1. The number of anilines is 1. The quantitative estimate of drug-likeness (QED) is 0.899. The van der Waals surface area contributed by atoms with Crippen molar-refractivity contribution in [2.24, 2.45) is 5.92 Å². The van der Waals surface area contributed by atoms with Crippen LogP contribution in [0.1, 0.15) is 40.6 Å². The highest BCUT2D eigenvalue weighted by Gasteiger charge is 2.27. The lowest BCUT2D eigenvalue weighted by atomic mass is 10.1. The number of nitrogens with zero attached hydrogens (tertiary/aromatic N) is 1. The lowest BCUT2D eigenvalue weighted by Gasteiger charge is -2.16. The molecule has 0 aliphatic carbocycles. The molecule has 0 aromatic carbocycles. The number of hydrogen-bond donors (Lipinski definition) is 2. The number of aryl methyl sites for hydroxylation is 1. The van der Waals surface area contributed by atoms with Crippen LogP contribution in [0.25, 0.3) is 0 Å². The molecule has 1 aliphatic heterocycles. The topological polar surface area (TPSA) is 69.6 Å². The summed E-state index contributed by atoms with van der Waals surface area (Å²) in [5.41, 5.74) is 0.942. The molecule has 1 fully saturated rings. The van der Waals surface area contributed by atoms with Crippen LogP contribution in [0.3, 0.4) is 0 Å². The van der Waals surface area contributed by atoms with Gasteiger partial charge in [0.25, 0.3) is 0 Å². The monoisotopic (exact) mass is 296 g/mol. The van der Waals surface area contributed by atoms with Crippen molar-refractivity contribution < 1.29 is 14.7 Å². The van der Waals surface area contributed by atoms with Crippen LogP contribution in [0.2, 0.25) is 0 Å². The molecule has 2 amide bonds. The van der Waals surface area contributed by atoms with Gasteiger partial charge in [-0.25, -0.2) is 9.59 Å². The number of carboxylic acid groups (broad SMARTS) is 1. The van der Waals surface area contributed by atoms with Gasteiger partial charge in [0.2, 0.25) is 0 Å². The number of nitrogens with one attached hydrogen (secondary N) is 1. The van der Waals surface area contributed by atoms with Gasteiger partial charge in [0.05, 0.1) is 5.56 Å². The fraction of sp³-hybridized carbons (Fsp3) is 0.571. The van der Waals surface area contributed by atoms with Gasteiger partial charge in [0.15, 0.2) is 0 Å². The predicted octanol–water partition coefficient (Wildman–Crippen LogP) is 3.33. The van der Waals surface area contributed by atoms with E-state index in [4.69, 9.17) is 0 Å². The normalized spacial score (nSPS) is 18.4. The fourth-order valence-corrected chi connectivity index (χ4v) is 3.54. The van der Waals surface area contributed by atoms with Crippen LogP contribution in [-0.2, 0) is 0 Å². The Morgan fingerprint density at radius 2 is 2.15 bits per heavy atom. The van der Waals surface area contributed by atoms with Crippen molar-refractivity contribution in [3.05, 3.63) is 16.0 Å². The van der Waals surface area contributed by atoms with E-state index in [1.165, 1.54) is 11.3 Å². The molecule has 5 nitrogen and oxygen atoms in total. The molecule has 2 heterocycles. The van der Waals surface area contributed by atoms with E-state index in [1.54, 1.807) is 11.8 Å². The molecule has 0 spiro atoms. The van der Waals surface area contributed by atoms with Gasteiger partial charge in [-0.3, -0.25) is 5.32 Å². The molecular formula is C14H20N2O3S. The van der Waals surface area contributed by atoms with Gasteiger partial charge in [0.1, 0.15) is 5.00 Å². The first-order valence-corrected chi connectivity index (χ1v) is 7.64. The Balaban J connectivity index is 2.12. The average Bonchev–Trinajstić information content (AvgIpc) is 2.95. The van der Waals surface area contributed by atoms with Gasteiger partial charge >= 0.3 is 12.0 Å². The molecule has 110 valence electrons. The van der Waals surface area contributed by atoms with Crippen LogP contribution in [0, 0.1) is 19.8 Å². The van der Waals surface area contributed by atoms with Crippen molar-refractivity contribution in [3.8, 4) is 0 Å². The highest BCUT2D eigenvalue weighted by molar-refractivity contribution is 7.16. The third-order valence-corrected chi connectivity index (χ3v) is 5.09. The second kappa shape index (κ2) is 5.83. The Morgan fingerprint density at radius 1 is 1.45 bits per heavy atom. The molecule has 6 heteroatoms. The smallest absolute Gasteiger partial charge is 0.338 e. The van der Waals surface area contributed by atoms with Crippen molar-refractivity contribution in [2.75, 3.05) is 18.4 Å². The fourth-order valence-electron chi connectivity index (χ4n) is 2.50. The van der Waals surface area contributed by atoms with Crippen molar-refractivity contribution >= 4 is 28.3 Å². The van der Waals surface area contributed by atoms with Crippen LogP contribution in [0.5, 0.6) is 0 Å². The molecule has 1 aromatic heterocycles. The van der Waals surface area contributed by atoms with Crippen molar-refractivity contribution in [1.82, 2.24) is 4.90 Å². The van der Waals surface area contributed by atoms with Crippen molar-refractivity contribution in [3.63, 3.8) is 0 Å². The van der Waals surface area contributed by atoms with E-state index in [-0.39, 0.29) is 11.6 Å². The number of carboxylic acids is 1. The van der Waals surface area contributed by atoms with Gasteiger partial charge in [-0.05, 0) is 31.7 Å². The summed E-state index contributed by atoms with van der Waals surface area (Å²) in [4.78, 5) is 26.2. The van der Waals surface area contributed by atoms with Gasteiger partial charge < -0.3 is 10.0 Å². The summed E-state index contributed by atoms with van der Waals surface area (Å²) in [5, 5.41) is 12.5. The number of likely N-dealkylation sites (tertiary alicyclic amines) is 1. The zero-order valence-corrected chi connectivity index (χ0v) is 12.8. The van der Waals surface area contributed by atoms with E-state index in [0.29, 0.717) is 10.9 Å². The summed E-state index contributed by atoms with van der Waals surface area (Å²) in [6.07, 6.45) is 2.10. The molecule has 1 saturated heterocycles. The second-order valence-corrected chi connectivity index (χ2v) is 6.46. The number of aromatic carboxylic acids is 1. The molecule has 2 rings (SSSR count). The number of carbonyl (C=O) groups is 2. The Morgan fingerprint density at radius 3 is 2.70 bits per heavy atom. The van der Waals surface area contributed by atoms with Crippen molar-refractivity contribution in [2.45, 2.75) is 33.6 Å². The lowest BCUT2D eigenvalue weighted by molar-refractivity contribution is 0.0697. The first-order valence-electron chi connectivity index (χ1n) is 6.83. The Labute approximate surface area is 122 Å². The van der Waals surface area contributed by atoms with Gasteiger partial charge in [-0.15, -0.1) is 11.3 Å². The number of carbonyl (C=O) groups excluding carboxylic acids is 1. The van der Waals surface area contributed by atoms with E-state index in [1.807, 2.05) is 6.92 Å². The van der Waals surface area contributed by atoms with Crippen molar-refractivity contribution in [1.29, 1.82) is 0 Å². The highest BCUT2D eigenvalue weighted by Crippen LogP contribution is 2.33. The Kier molecular flexibility index (Phi) is 4.32. The molecule has 1 aromatic rings. The minimum atomic E-state index is -0.991. The van der Waals surface area contributed by atoms with Crippen LogP contribution in [0.4, 0.5) is 9.80 Å². The number of rotatable bonds is 3. The lowest BCUT2D eigenvalue weighted by Crippen LogP contribution is -2.33. The molecule has 0 bridgehead atoms. The maximum atomic E-state index is 12.2. The summed E-state index contributed by atoms with van der Waals surface area (Å²) in [5.74, 6) is -0.429. The zero-order chi connectivity index (χ0) is 14.9. The Hall–Kier alpha value is -1.56. The Bertz CT molecular complexity index is 539. The third-order valence-electron chi connectivity index (χ3n) is 3.97. The number of urea groups is 1. The number of thiophene rings is 1. The predicted molar refractivity (Wildman–Crippen MR) is 79.7 cm³/mol. The SMILES string of the molecule is CCC1CCN(C(=O)Nc2sc(C)c(C)c2C(=O)O)C1. The van der Waals surface area contributed by atoms with E-state index >= 15 is 0 Å². The van der Waals surface area contributed by atoms with Crippen LogP contribution >= 0.6 is 11.3 Å². The molecule has 20 heavy (non-hydrogen) atoms. The molecule has 1 atom stereocenters. The van der Waals surface area contributed by atoms with E-state index < -0.39 is 5.97 Å². The first kappa shape index (κ1) is 14.8. The van der Waals surface area contributed by atoms with E-state index in [9.17, 15) is 14.7 Å². The van der Waals surface area contributed by atoms with Gasteiger partial charge in [-0.2, -0.15) is 0 Å². The van der Waals surface area contributed by atoms with Gasteiger partial charge in [-0.1, -0.05) is 13.3 Å². The second-order valence-electron chi connectivity index (χ2n) is 5.23.